The number of nitrogens with one attached hydrogen (secondary N) is 1. The molecule has 4 aromatic rings. The molecule has 12 heteroatoms. The highest BCUT2D eigenvalue weighted by molar-refractivity contribution is 8.03. The average molecular weight is 966 g/mol. The Bertz CT molecular complexity index is 2270. The smallest absolute Gasteiger partial charge is 0.343 e. The molecule has 0 heterocycles. The number of thioether (sulfide) groups is 1. The molecule has 0 radical (unpaired) electrons. The fourth-order valence-corrected chi connectivity index (χ4v) is 7.33. The van der Waals surface area contributed by atoms with Crippen LogP contribution in [0.1, 0.15) is 126 Å². The van der Waals surface area contributed by atoms with Crippen molar-refractivity contribution in [3.8, 4) is 17.2 Å². The average Bonchev–Trinajstić information content (AvgIpc) is 3.29. The normalized spacial score (nSPS) is 11.3. The number of aliphatic hydroxyl groups is 1. The van der Waals surface area contributed by atoms with Crippen molar-refractivity contribution in [3.63, 3.8) is 0 Å². The van der Waals surface area contributed by atoms with Gasteiger partial charge in [0.05, 0.1) is 21.8 Å². The van der Waals surface area contributed by atoms with Crippen molar-refractivity contribution in [1.29, 1.82) is 0 Å². The first-order valence-corrected chi connectivity index (χ1v) is 23.6. The van der Waals surface area contributed by atoms with E-state index in [0.29, 0.717) is 47.6 Å². The van der Waals surface area contributed by atoms with Crippen LogP contribution in [0.5, 0.6) is 17.2 Å². The van der Waals surface area contributed by atoms with E-state index in [2.05, 4.69) is 76.7 Å². The summed E-state index contributed by atoms with van der Waals surface area (Å²) in [4.78, 5) is 47.7. The molecule has 11 nitrogen and oxygen atoms in total. The first kappa shape index (κ1) is 60.8. The zero-order chi connectivity index (χ0) is 52.4. The van der Waals surface area contributed by atoms with Gasteiger partial charge in [-0.3, -0.25) is 4.79 Å². The predicted octanol–water partition coefficient (Wildman–Crippen LogP) is 12.7. The van der Waals surface area contributed by atoms with Gasteiger partial charge in [0, 0.05) is 48.6 Å². The molecule has 0 spiro atoms. The molecule has 4 aromatic carbocycles. The number of aliphatic hydroxyl groups excluding tert-OH is 1. The minimum atomic E-state index is -0.775. The second-order valence-electron chi connectivity index (χ2n) is 17.9. The van der Waals surface area contributed by atoms with Gasteiger partial charge < -0.3 is 34.1 Å². The van der Waals surface area contributed by atoms with E-state index in [1.165, 1.54) is 22.6 Å². The third kappa shape index (κ3) is 24.6. The van der Waals surface area contributed by atoms with Crippen molar-refractivity contribution in [2.75, 3.05) is 7.11 Å². The van der Waals surface area contributed by atoms with E-state index < -0.39 is 29.1 Å². The largest absolute Gasteiger partial charge is 0.488 e. The lowest BCUT2D eigenvalue weighted by molar-refractivity contribution is -0.154. The summed E-state index contributed by atoms with van der Waals surface area (Å²) in [7, 11) is 1.67. The van der Waals surface area contributed by atoms with E-state index >= 15 is 0 Å². The van der Waals surface area contributed by atoms with Crippen LogP contribution in [0.3, 0.4) is 0 Å². The van der Waals surface area contributed by atoms with Gasteiger partial charge in [0.15, 0.2) is 0 Å². The molecule has 0 aliphatic heterocycles. The molecule has 374 valence electrons. The molecule has 0 fully saturated rings. The summed E-state index contributed by atoms with van der Waals surface area (Å²) in [6.07, 6.45) is 7.61. The van der Waals surface area contributed by atoms with E-state index in [0.717, 1.165) is 29.5 Å². The number of methoxy groups -OCH3 is 1. The molecule has 69 heavy (non-hydrogen) atoms. The Morgan fingerprint density at radius 1 is 0.768 bits per heavy atom. The second kappa shape index (κ2) is 30.3. The third-order valence-corrected chi connectivity index (χ3v) is 10.6. The SMILES string of the molecule is C=C(NC(C)CC)Sc1ccccc1CC.C=CC(=O)OC(C)(C)CC(C)(C)Oc1ccc(C(=O)Oc2ccc(OC(=O)c3ccc(CC(C)(C)OC)cc3)cc2C=C)cc1.C=CC=O.CC(C)O. The summed E-state index contributed by atoms with van der Waals surface area (Å²) >= 11 is 1.73. The molecule has 0 saturated carbocycles. The molecule has 0 amide bonds. The Morgan fingerprint density at radius 2 is 1.30 bits per heavy atom. The minimum absolute atomic E-state index is 0.167. The summed E-state index contributed by atoms with van der Waals surface area (Å²) in [5.74, 6) is -0.516. The lowest BCUT2D eigenvalue weighted by Gasteiger charge is -2.34. The summed E-state index contributed by atoms with van der Waals surface area (Å²) < 4.78 is 28.2. The molecule has 1 atom stereocenters. The Labute approximate surface area is 416 Å². The van der Waals surface area contributed by atoms with Gasteiger partial charge in [-0.15, -0.1) is 0 Å². The van der Waals surface area contributed by atoms with Gasteiger partial charge in [0.2, 0.25) is 0 Å². The molecule has 0 bridgehead atoms. The van der Waals surface area contributed by atoms with Crippen LogP contribution in [0.15, 0.2) is 139 Å². The quantitative estimate of drug-likeness (QED) is 0.0269. The molecule has 0 aliphatic rings. The maximum Gasteiger partial charge on any atom is 0.343 e. The maximum atomic E-state index is 12.9. The number of ether oxygens (including phenoxy) is 5. The zero-order valence-electron chi connectivity index (χ0n) is 42.8. The van der Waals surface area contributed by atoms with Gasteiger partial charge in [-0.05, 0) is 153 Å². The van der Waals surface area contributed by atoms with E-state index in [-0.39, 0.29) is 23.2 Å². The number of rotatable bonds is 21. The van der Waals surface area contributed by atoms with Crippen LogP contribution in [0, 0.1) is 0 Å². The minimum Gasteiger partial charge on any atom is -0.488 e. The van der Waals surface area contributed by atoms with Gasteiger partial charge in [-0.25, -0.2) is 14.4 Å². The fraction of sp³-hybridized carbons (Fsp3) is 0.368. The monoisotopic (exact) mass is 966 g/mol. The van der Waals surface area contributed by atoms with Gasteiger partial charge >= 0.3 is 17.9 Å². The molecule has 4 rings (SSSR count). The Kier molecular flexibility index (Phi) is 26.7. The van der Waals surface area contributed by atoms with Crippen molar-refractivity contribution in [1.82, 2.24) is 5.32 Å². The van der Waals surface area contributed by atoms with Gasteiger partial charge in [0.1, 0.15) is 34.7 Å². The highest BCUT2D eigenvalue weighted by Crippen LogP contribution is 2.31. The molecular weight excluding hydrogens is 891 g/mol. The summed E-state index contributed by atoms with van der Waals surface area (Å²) in [6.45, 7) is 35.8. The number of benzene rings is 4. The Balaban J connectivity index is 0.000000812. The van der Waals surface area contributed by atoms with Crippen molar-refractivity contribution in [3.05, 3.63) is 162 Å². The van der Waals surface area contributed by atoms with Crippen LogP contribution in [0.4, 0.5) is 0 Å². The lowest BCUT2D eigenvalue weighted by Crippen LogP contribution is -2.40. The topological polar surface area (TPSA) is 147 Å². The van der Waals surface area contributed by atoms with Crippen LogP contribution >= 0.6 is 11.8 Å². The molecule has 0 saturated heterocycles. The maximum absolute atomic E-state index is 12.9. The summed E-state index contributed by atoms with van der Waals surface area (Å²) in [5.41, 5.74) is 1.85. The van der Waals surface area contributed by atoms with Crippen molar-refractivity contribution in [2.45, 2.75) is 136 Å². The molecule has 1 unspecified atom stereocenters. The van der Waals surface area contributed by atoms with E-state index in [9.17, 15) is 14.4 Å². The van der Waals surface area contributed by atoms with Crippen LogP contribution in [0.2, 0.25) is 0 Å². The summed E-state index contributed by atoms with van der Waals surface area (Å²) in [5, 5.41) is 12.5. The van der Waals surface area contributed by atoms with E-state index in [4.69, 9.17) is 33.6 Å². The molecule has 2 N–H and O–H groups in total. The number of hydrogen-bond acceptors (Lipinski definition) is 12. The lowest BCUT2D eigenvalue weighted by atomic mass is 9.92. The van der Waals surface area contributed by atoms with Gasteiger partial charge in [-0.1, -0.05) is 88.3 Å². The van der Waals surface area contributed by atoms with Crippen LogP contribution < -0.4 is 19.5 Å². The van der Waals surface area contributed by atoms with Crippen molar-refractivity contribution < 1.29 is 48.0 Å². The molecule has 0 aromatic heterocycles. The Morgan fingerprint density at radius 3 is 1.81 bits per heavy atom. The van der Waals surface area contributed by atoms with E-state index in [1.807, 2.05) is 39.8 Å². The van der Waals surface area contributed by atoms with Crippen LogP contribution in [0.25, 0.3) is 6.08 Å². The van der Waals surface area contributed by atoms with Gasteiger partial charge in [0.25, 0.3) is 0 Å². The predicted molar refractivity (Wildman–Crippen MR) is 281 cm³/mol. The van der Waals surface area contributed by atoms with Gasteiger partial charge in [-0.2, -0.15) is 0 Å². The standard InChI is InChI=1S/C37H42O8.C14H21NS.C3H8O.C3H4O/c1-10-26-22-30(42-33(39)27-14-12-25(13-15-27)23-35(3,4)41-9)20-21-31(26)43-34(40)28-16-18-29(19-17-28)44-36(5,6)24-37(7,8)45-32(38)11-2;1-5-11(3)15-12(4)16-14-10-8-7-9-13(14)6-2;1-3(2)4;1-2-3-4/h10-22H,1-2,23-24H2,3-9H3;7-11,15H,4-6H2,1-3H3;3-4H,1-2H3;2-3H,1H2. The highest BCUT2D eigenvalue weighted by Gasteiger charge is 2.33. The Hall–Kier alpha value is -6.21. The third-order valence-electron chi connectivity index (χ3n) is 9.57. The first-order valence-electron chi connectivity index (χ1n) is 22.8. The zero-order valence-corrected chi connectivity index (χ0v) is 43.6. The number of esters is 3. The molecular formula is C57H75NO10S. The van der Waals surface area contributed by atoms with E-state index in [1.54, 1.807) is 101 Å². The van der Waals surface area contributed by atoms with Crippen LogP contribution in [-0.2, 0) is 31.9 Å². The first-order chi connectivity index (χ1) is 32.4. The number of aldehydes is 1. The van der Waals surface area contributed by atoms with Crippen LogP contribution in [-0.4, -0.2) is 65.4 Å². The fourth-order valence-electron chi connectivity index (χ4n) is 6.31. The van der Waals surface area contributed by atoms with Crippen molar-refractivity contribution >= 4 is 42.0 Å². The van der Waals surface area contributed by atoms with Crippen molar-refractivity contribution in [2.24, 2.45) is 0 Å². The number of hydrogen-bond donors (Lipinski definition) is 2. The number of aryl methyl sites for hydroxylation is 1. The highest BCUT2D eigenvalue weighted by atomic mass is 32.2. The second-order valence-corrected chi connectivity index (χ2v) is 19.0. The number of carbonyl (C=O) groups excluding carboxylic acids is 4. The molecule has 0 aliphatic carbocycles. The number of carbonyl (C=O) groups is 4. The number of allylic oxidation sites excluding steroid dienone is 1. The summed E-state index contributed by atoms with van der Waals surface area (Å²) in [6, 6.07) is 27.4.